The summed E-state index contributed by atoms with van der Waals surface area (Å²) in [5.74, 6) is 0.246. The summed E-state index contributed by atoms with van der Waals surface area (Å²) in [7, 11) is 3.86. The van der Waals surface area contributed by atoms with Gasteiger partial charge in [-0.1, -0.05) is 6.07 Å². The third-order valence-corrected chi connectivity index (χ3v) is 3.89. The number of hydrogen-bond acceptors (Lipinski definition) is 5. The van der Waals surface area contributed by atoms with Crippen molar-refractivity contribution in [1.82, 2.24) is 9.30 Å². The van der Waals surface area contributed by atoms with E-state index >= 15 is 0 Å². The molecule has 3 aromatic rings. The molecule has 6 nitrogen and oxygen atoms in total. The van der Waals surface area contributed by atoms with Gasteiger partial charge in [0.05, 0.1) is 16.6 Å². The number of benzene rings is 1. The number of nitriles is 1. The van der Waals surface area contributed by atoms with E-state index in [0.717, 1.165) is 16.4 Å². The summed E-state index contributed by atoms with van der Waals surface area (Å²) in [5, 5.41) is 9.46. The summed E-state index contributed by atoms with van der Waals surface area (Å²) < 4.78 is 12.7. The van der Waals surface area contributed by atoms with Gasteiger partial charge in [0.1, 0.15) is 18.4 Å². The number of rotatable bonds is 6. The topological polar surface area (TPSA) is 67.0 Å². The molecule has 0 saturated heterocycles. The van der Waals surface area contributed by atoms with Crippen LogP contribution >= 0.6 is 0 Å². The molecule has 2 heterocycles. The van der Waals surface area contributed by atoms with E-state index in [1.807, 2.05) is 66.0 Å². The van der Waals surface area contributed by atoms with Crippen LogP contribution in [0.4, 0.5) is 0 Å². The molecule has 2 aromatic heterocycles. The Bertz CT molecular complexity index is 954. The maximum atomic E-state index is 12.6. The standard InChI is InChI=1S/C19H19N3O3/c1-21(2)10-12-25-19(23)18-15-7-6-14(24-11-8-20)13-17(15)22-9-4-3-5-16(18)22/h3-7,9,13H,10-12H2,1-2H3. The summed E-state index contributed by atoms with van der Waals surface area (Å²) in [6, 6.07) is 13.0. The zero-order valence-corrected chi connectivity index (χ0v) is 14.2. The summed E-state index contributed by atoms with van der Waals surface area (Å²) in [6.45, 7) is 0.983. The van der Waals surface area contributed by atoms with Crippen molar-refractivity contribution in [3.63, 3.8) is 0 Å². The molecule has 3 rings (SSSR count). The second-order valence-electron chi connectivity index (χ2n) is 5.90. The minimum Gasteiger partial charge on any atom is -0.479 e. The number of carbonyl (C=O) groups excluding carboxylic acids is 1. The fourth-order valence-electron chi connectivity index (χ4n) is 2.73. The Balaban J connectivity index is 2.04. The second-order valence-corrected chi connectivity index (χ2v) is 5.90. The number of nitrogens with zero attached hydrogens (tertiary/aromatic N) is 3. The number of esters is 1. The van der Waals surface area contributed by atoms with Gasteiger partial charge in [0.15, 0.2) is 6.61 Å². The van der Waals surface area contributed by atoms with Crippen molar-refractivity contribution in [3.8, 4) is 11.8 Å². The molecule has 0 bridgehead atoms. The fourth-order valence-corrected chi connectivity index (χ4v) is 2.73. The van der Waals surface area contributed by atoms with Crippen LogP contribution in [0.3, 0.4) is 0 Å². The molecule has 0 unspecified atom stereocenters. The number of aromatic nitrogens is 1. The molecule has 1 aromatic carbocycles. The van der Waals surface area contributed by atoms with E-state index in [-0.39, 0.29) is 12.6 Å². The van der Waals surface area contributed by atoms with Crippen LogP contribution in [0.15, 0.2) is 42.6 Å². The van der Waals surface area contributed by atoms with Crippen molar-refractivity contribution in [2.75, 3.05) is 33.9 Å². The molecule has 0 saturated carbocycles. The zero-order valence-electron chi connectivity index (χ0n) is 14.2. The fraction of sp³-hybridized carbons (Fsp3) is 0.263. The van der Waals surface area contributed by atoms with Crippen LogP contribution in [-0.4, -0.2) is 49.1 Å². The highest BCUT2D eigenvalue weighted by molar-refractivity contribution is 6.11. The van der Waals surface area contributed by atoms with Gasteiger partial charge in [-0.05, 0) is 38.4 Å². The van der Waals surface area contributed by atoms with Crippen molar-refractivity contribution in [2.24, 2.45) is 0 Å². The summed E-state index contributed by atoms with van der Waals surface area (Å²) in [6.07, 6.45) is 1.89. The van der Waals surface area contributed by atoms with E-state index in [1.165, 1.54) is 0 Å². The largest absolute Gasteiger partial charge is 0.479 e. The normalized spacial score (nSPS) is 11.0. The van der Waals surface area contributed by atoms with Gasteiger partial charge < -0.3 is 18.8 Å². The maximum absolute atomic E-state index is 12.6. The number of likely N-dealkylation sites (N-methyl/N-ethyl adjacent to an activating group) is 1. The summed E-state index contributed by atoms with van der Waals surface area (Å²) >= 11 is 0. The first-order valence-electron chi connectivity index (χ1n) is 7.96. The van der Waals surface area contributed by atoms with Crippen molar-refractivity contribution in [2.45, 2.75) is 0 Å². The van der Waals surface area contributed by atoms with E-state index < -0.39 is 0 Å². The lowest BCUT2D eigenvalue weighted by Crippen LogP contribution is -2.20. The van der Waals surface area contributed by atoms with Gasteiger partial charge in [0, 0.05) is 24.2 Å². The Morgan fingerprint density at radius 3 is 2.84 bits per heavy atom. The lowest BCUT2D eigenvalue weighted by molar-refractivity contribution is 0.0486. The molecule has 0 N–H and O–H groups in total. The van der Waals surface area contributed by atoms with E-state index in [0.29, 0.717) is 24.5 Å². The van der Waals surface area contributed by atoms with Gasteiger partial charge in [0.25, 0.3) is 0 Å². The van der Waals surface area contributed by atoms with Crippen LogP contribution in [0, 0.1) is 11.3 Å². The minimum atomic E-state index is -0.341. The Morgan fingerprint density at radius 2 is 2.08 bits per heavy atom. The lowest BCUT2D eigenvalue weighted by atomic mass is 10.1. The Kier molecular flexibility index (Phi) is 4.87. The van der Waals surface area contributed by atoms with Crippen molar-refractivity contribution < 1.29 is 14.3 Å². The molecule has 25 heavy (non-hydrogen) atoms. The highest BCUT2D eigenvalue weighted by Gasteiger charge is 2.19. The highest BCUT2D eigenvalue weighted by Crippen LogP contribution is 2.30. The molecule has 0 radical (unpaired) electrons. The Morgan fingerprint density at radius 1 is 1.24 bits per heavy atom. The molecule has 128 valence electrons. The van der Waals surface area contributed by atoms with E-state index in [4.69, 9.17) is 14.7 Å². The number of carbonyl (C=O) groups is 1. The SMILES string of the molecule is CN(C)CCOC(=O)c1c2ccc(OCC#N)cc2n2ccccc12. The predicted molar refractivity (Wildman–Crippen MR) is 94.8 cm³/mol. The smallest absolute Gasteiger partial charge is 0.341 e. The minimum absolute atomic E-state index is 0.0196. The molecule has 0 aliphatic heterocycles. The van der Waals surface area contributed by atoms with E-state index in [2.05, 4.69) is 0 Å². The van der Waals surface area contributed by atoms with Gasteiger partial charge in [-0.25, -0.2) is 4.79 Å². The monoisotopic (exact) mass is 337 g/mol. The van der Waals surface area contributed by atoms with Crippen molar-refractivity contribution in [1.29, 1.82) is 5.26 Å². The van der Waals surface area contributed by atoms with Gasteiger partial charge in [-0.15, -0.1) is 0 Å². The maximum Gasteiger partial charge on any atom is 0.341 e. The molecular formula is C19H19N3O3. The molecule has 0 amide bonds. The molecular weight excluding hydrogens is 318 g/mol. The third-order valence-electron chi connectivity index (χ3n) is 3.89. The van der Waals surface area contributed by atoms with Gasteiger partial charge in [0.2, 0.25) is 0 Å². The first kappa shape index (κ1) is 16.8. The molecule has 0 spiro atoms. The highest BCUT2D eigenvalue weighted by atomic mass is 16.5. The summed E-state index contributed by atoms with van der Waals surface area (Å²) in [4.78, 5) is 14.6. The first-order chi connectivity index (χ1) is 12.1. The van der Waals surface area contributed by atoms with Gasteiger partial charge in [-0.3, -0.25) is 0 Å². The summed E-state index contributed by atoms with van der Waals surface area (Å²) in [5.41, 5.74) is 2.16. The quantitative estimate of drug-likeness (QED) is 0.647. The Hall–Kier alpha value is -3.04. The average Bonchev–Trinajstić information content (AvgIpc) is 2.93. The van der Waals surface area contributed by atoms with Gasteiger partial charge in [-0.2, -0.15) is 5.26 Å². The molecule has 6 heteroatoms. The third kappa shape index (κ3) is 3.42. The van der Waals surface area contributed by atoms with Crippen LogP contribution < -0.4 is 4.74 Å². The predicted octanol–water partition coefficient (Wildman–Crippen LogP) is 2.71. The number of pyridine rings is 1. The van der Waals surface area contributed by atoms with Crippen molar-refractivity contribution in [3.05, 3.63) is 48.2 Å². The van der Waals surface area contributed by atoms with E-state index in [9.17, 15) is 4.79 Å². The van der Waals surface area contributed by atoms with Crippen LogP contribution in [0.5, 0.6) is 5.75 Å². The van der Waals surface area contributed by atoms with Crippen LogP contribution in [0.1, 0.15) is 10.4 Å². The van der Waals surface area contributed by atoms with E-state index in [1.54, 1.807) is 6.07 Å². The molecule has 0 aliphatic carbocycles. The molecule has 0 fully saturated rings. The average molecular weight is 337 g/mol. The molecule has 0 aliphatic rings. The second kappa shape index (κ2) is 7.24. The first-order valence-corrected chi connectivity index (χ1v) is 7.96. The van der Waals surface area contributed by atoms with Crippen LogP contribution in [-0.2, 0) is 4.74 Å². The number of fused-ring (bicyclic) bond motifs is 3. The van der Waals surface area contributed by atoms with Crippen LogP contribution in [0.2, 0.25) is 0 Å². The number of hydrogen-bond donors (Lipinski definition) is 0. The lowest BCUT2D eigenvalue weighted by Gasteiger charge is -2.09. The Labute approximate surface area is 145 Å². The zero-order chi connectivity index (χ0) is 17.8. The van der Waals surface area contributed by atoms with Crippen LogP contribution in [0.25, 0.3) is 16.4 Å². The molecule has 0 atom stereocenters. The number of ether oxygens (including phenoxy) is 2. The van der Waals surface area contributed by atoms with Crippen molar-refractivity contribution >= 4 is 22.4 Å². The van der Waals surface area contributed by atoms with Gasteiger partial charge >= 0.3 is 5.97 Å².